The maximum Gasteiger partial charge on any atom is 0.237 e. The van der Waals surface area contributed by atoms with Crippen molar-refractivity contribution in [2.75, 3.05) is 11.1 Å². The lowest BCUT2D eigenvalue weighted by molar-refractivity contribution is -0.115. The third-order valence-corrected chi connectivity index (χ3v) is 3.51. The van der Waals surface area contributed by atoms with Crippen LogP contribution in [0.3, 0.4) is 0 Å². The van der Waals surface area contributed by atoms with Gasteiger partial charge in [-0.15, -0.1) is 0 Å². The molecular formula is C14H15N3OS. The predicted octanol–water partition coefficient (Wildman–Crippen LogP) is 2.78. The molecule has 2 aromatic rings. The summed E-state index contributed by atoms with van der Waals surface area (Å²) in [5, 5.41) is 3.44. The Balaban J connectivity index is 1.96. The molecule has 1 aromatic carbocycles. The van der Waals surface area contributed by atoms with Crippen LogP contribution in [-0.4, -0.2) is 16.1 Å². The molecular weight excluding hydrogens is 258 g/mol. The Labute approximate surface area is 116 Å². The number of rotatable bonds is 4. The van der Waals surface area contributed by atoms with Gasteiger partial charge in [-0.1, -0.05) is 23.9 Å². The van der Waals surface area contributed by atoms with E-state index in [1.54, 1.807) is 18.3 Å². The Morgan fingerprint density at radius 3 is 2.84 bits per heavy atom. The Bertz CT molecular complexity index is 560. The first-order chi connectivity index (χ1) is 9.15. The summed E-state index contributed by atoms with van der Waals surface area (Å²) < 4.78 is 0. The summed E-state index contributed by atoms with van der Waals surface area (Å²) in [6, 6.07) is 12.8. The second-order valence-corrected chi connectivity index (χ2v) is 5.40. The van der Waals surface area contributed by atoms with E-state index < -0.39 is 0 Å². The quantitative estimate of drug-likeness (QED) is 0.664. The number of nitrogens with two attached hydrogens (primary N) is 1. The van der Waals surface area contributed by atoms with Crippen molar-refractivity contribution in [1.29, 1.82) is 0 Å². The normalized spacial score (nSPS) is 11.8. The Hall–Kier alpha value is -2.01. The fourth-order valence-electron chi connectivity index (χ4n) is 1.51. The standard InChI is InChI=1S/C14H15N3OS/c1-10(19-13-7-2-3-8-16-13)14(18)17-12-6-4-5-11(15)9-12/h2-10H,15H2,1H3,(H,17,18). The van der Waals surface area contributed by atoms with Gasteiger partial charge in [0.25, 0.3) is 0 Å². The Kier molecular flexibility index (Phi) is 4.41. The van der Waals surface area contributed by atoms with Crippen LogP contribution >= 0.6 is 11.8 Å². The number of amides is 1. The maximum atomic E-state index is 12.0. The molecule has 0 saturated heterocycles. The molecule has 0 spiro atoms. The second-order valence-electron chi connectivity index (χ2n) is 4.04. The van der Waals surface area contributed by atoms with E-state index in [0.717, 1.165) is 5.03 Å². The zero-order chi connectivity index (χ0) is 13.7. The van der Waals surface area contributed by atoms with E-state index in [2.05, 4.69) is 10.3 Å². The average molecular weight is 273 g/mol. The van der Waals surface area contributed by atoms with E-state index >= 15 is 0 Å². The van der Waals surface area contributed by atoms with Crippen LogP contribution in [0.15, 0.2) is 53.7 Å². The fourth-order valence-corrected chi connectivity index (χ4v) is 2.32. The highest BCUT2D eigenvalue weighted by Crippen LogP contribution is 2.22. The number of benzene rings is 1. The van der Waals surface area contributed by atoms with Gasteiger partial charge >= 0.3 is 0 Å². The number of hydrogen-bond donors (Lipinski definition) is 2. The number of carbonyl (C=O) groups is 1. The van der Waals surface area contributed by atoms with Gasteiger partial charge in [-0.3, -0.25) is 4.79 Å². The van der Waals surface area contributed by atoms with Crippen LogP contribution in [0.4, 0.5) is 11.4 Å². The van der Waals surface area contributed by atoms with Crippen molar-refractivity contribution in [2.45, 2.75) is 17.2 Å². The average Bonchev–Trinajstić information content (AvgIpc) is 2.40. The van der Waals surface area contributed by atoms with Gasteiger partial charge in [0.15, 0.2) is 0 Å². The number of anilines is 2. The summed E-state index contributed by atoms with van der Waals surface area (Å²) in [6.07, 6.45) is 1.71. The first-order valence-electron chi connectivity index (χ1n) is 5.89. The van der Waals surface area contributed by atoms with Gasteiger partial charge in [-0.2, -0.15) is 0 Å². The maximum absolute atomic E-state index is 12.0. The minimum Gasteiger partial charge on any atom is -0.399 e. The smallest absolute Gasteiger partial charge is 0.237 e. The summed E-state index contributed by atoms with van der Waals surface area (Å²) in [5.74, 6) is -0.0683. The molecule has 0 aliphatic heterocycles. The number of pyridine rings is 1. The van der Waals surface area contributed by atoms with Crippen molar-refractivity contribution >= 4 is 29.0 Å². The predicted molar refractivity (Wildman–Crippen MR) is 79.0 cm³/mol. The molecule has 19 heavy (non-hydrogen) atoms. The van der Waals surface area contributed by atoms with Crippen LogP contribution in [-0.2, 0) is 4.79 Å². The van der Waals surface area contributed by atoms with E-state index in [0.29, 0.717) is 11.4 Å². The first-order valence-corrected chi connectivity index (χ1v) is 6.77. The first kappa shape index (κ1) is 13.4. The van der Waals surface area contributed by atoms with Gasteiger partial charge in [-0.25, -0.2) is 4.98 Å². The minimum absolute atomic E-state index is 0.0683. The lowest BCUT2D eigenvalue weighted by Crippen LogP contribution is -2.22. The molecule has 1 heterocycles. The topological polar surface area (TPSA) is 68.0 Å². The van der Waals surface area contributed by atoms with E-state index in [4.69, 9.17) is 5.73 Å². The lowest BCUT2D eigenvalue weighted by atomic mass is 10.3. The highest BCUT2D eigenvalue weighted by atomic mass is 32.2. The number of hydrogen-bond acceptors (Lipinski definition) is 4. The van der Waals surface area contributed by atoms with Crippen molar-refractivity contribution in [1.82, 2.24) is 4.98 Å². The third kappa shape index (κ3) is 3.99. The summed E-state index contributed by atoms with van der Waals surface area (Å²) >= 11 is 1.42. The number of aromatic nitrogens is 1. The highest BCUT2D eigenvalue weighted by Gasteiger charge is 2.15. The fraction of sp³-hybridized carbons (Fsp3) is 0.143. The van der Waals surface area contributed by atoms with Gasteiger partial charge < -0.3 is 11.1 Å². The summed E-state index contributed by atoms with van der Waals surface area (Å²) in [4.78, 5) is 16.2. The molecule has 98 valence electrons. The van der Waals surface area contributed by atoms with Crippen molar-refractivity contribution < 1.29 is 4.79 Å². The number of nitrogens with one attached hydrogen (secondary N) is 1. The van der Waals surface area contributed by atoms with Crippen LogP contribution < -0.4 is 11.1 Å². The molecule has 0 fully saturated rings. The molecule has 0 aliphatic rings. The molecule has 1 unspecified atom stereocenters. The van der Waals surface area contributed by atoms with E-state index in [1.165, 1.54) is 11.8 Å². The molecule has 1 aromatic heterocycles. The van der Waals surface area contributed by atoms with Crippen LogP contribution in [0.5, 0.6) is 0 Å². The van der Waals surface area contributed by atoms with Crippen molar-refractivity contribution in [2.24, 2.45) is 0 Å². The van der Waals surface area contributed by atoms with Crippen molar-refractivity contribution in [3.05, 3.63) is 48.7 Å². The number of nitrogens with zero attached hydrogens (tertiary/aromatic N) is 1. The van der Waals surface area contributed by atoms with Crippen LogP contribution in [0.1, 0.15) is 6.92 Å². The molecule has 4 nitrogen and oxygen atoms in total. The monoisotopic (exact) mass is 273 g/mol. The molecule has 3 N–H and O–H groups in total. The zero-order valence-electron chi connectivity index (χ0n) is 10.5. The largest absolute Gasteiger partial charge is 0.399 e. The summed E-state index contributed by atoms with van der Waals surface area (Å²) in [7, 11) is 0. The van der Waals surface area contributed by atoms with E-state index in [1.807, 2.05) is 37.3 Å². The Morgan fingerprint density at radius 1 is 1.32 bits per heavy atom. The molecule has 0 radical (unpaired) electrons. The summed E-state index contributed by atoms with van der Waals surface area (Å²) in [6.45, 7) is 1.85. The van der Waals surface area contributed by atoms with Crippen LogP contribution in [0, 0.1) is 0 Å². The number of thioether (sulfide) groups is 1. The highest BCUT2D eigenvalue weighted by molar-refractivity contribution is 8.00. The van der Waals surface area contributed by atoms with Gasteiger partial charge in [0.2, 0.25) is 5.91 Å². The lowest BCUT2D eigenvalue weighted by Gasteiger charge is -2.11. The molecule has 0 aliphatic carbocycles. The van der Waals surface area contributed by atoms with Crippen molar-refractivity contribution in [3.63, 3.8) is 0 Å². The van der Waals surface area contributed by atoms with Crippen molar-refractivity contribution in [3.8, 4) is 0 Å². The van der Waals surface area contributed by atoms with E-state index in [9.17, 15) is 4.79 Å². The minimum atomic E-state index is -0.226. The summed E-state index contributed by atoms with van der Waals surface area (Å²) in [5.41, 5.74) is 7.00. The molecule has 1 atom stereocenters. The second kappa shape index (κ2) is 6.24. The van der Waals surface area contributed by atoms with Gasteiger partial charge in [-0.05, 0) is 37.3 Å². The van der Waals surface area contributed by atoms with Gasteiger partial charge in [0.1, 0.15) is 0 Å². The van der Waals surface area contributed by atoms with Crippen LogP contribution in [0.25, 0.3) is 0 Å². The number of nitrogen functional groups attached to an aromatic ring is 1. The molecule has 1 amide bonds. The van der Waals surface area contributed by atoms with E-state index in [-0.39, 0.29) is 11.2 Å². The van der Waals surface area contributed by atoms with Crippen LogP contribution in [0.2, 0.25) is 0 Å². The van der Waals surface area contributed by atoms with Gasteiger partial charge in [0, 0.05) is 17.6 Å². The Morgan fingerprint density at radius 2 is 2.16 bits per heavy atom. The molecule has 2 rings (SSSR count). The molecule has 5 heteroatoms. The van der Waals surface area contributed by atoms with Gasteiger partial charge in [0.05, 0.1) is 10.3 Å². The molecule has 0 bridgehead atoms. The zero-order valence-corrected chi connectivity index (χ0v) is 11.4. The third-order valence-electron chi connectivity index (χ3n) is 2.46. The molecule has 0 saturated carbocycles. The SMILES string of the molecule is CC(Sc1ccccn1)C(=O)Nc1cccc(N)c1. The number of carbonyl (C=O) groups excluding carboxylic acids is 1.